The quantitative estimate of drug-likeness (QED) is 0.457. The van der Waals surface area contributed by atoms with Gasteiger partial charge in [-0.15, -0.1) is 0 Å². The maximum Gasteiger partial charge on any atom is 1.00 e. The Morgan fingerprint density at radius 3 is 2.10 bits per heavy atom. The summed E-state index contributed by atoms with van der Waals surface area (Å²) in [5, 5.41) is 6.25. The van der Waals surface area contributed by atoms with E-state index in [1.54, 1.807) is 6.92 Å². The second kappa shape index (κ2) is 4.78. The van der Waals surface area contributed by atoms with E-state index in [4.69, 9.17) is 5.11 Å². The Morgan fingerprint density at radius 2 is 2.00 bits per heavy atom. The molecule has 0 radical (unpaired) electrons. The SMILES string of the molecule is CCCS(=O)(=O)C(=O)O.[H-].[Li+]. The third-order valence-electron chi connectivity index (χ3n) is 0.739. The van der Waals surface area contributed by atoms with Gasteiger partial charge >= 0.3 is 24.2 Å². The van der Waals surface area contributed by atoms with Gasteiger partial charge in [-0.2, -0.15) is 0 Å². The molecule has 0 aliphatic rings. The molecule has 0 aromatic carbocycles. The van der Waals surface area contributed by atoms with Crippen molar-refractivity contribution < 1.29 is 38.6 Å². The summed E-state index contributed by atoms with van der Waals surface area (Å²) in [7, 11) is -3.83. The summed E-state index contributed by atoms with van der Waals surface area (Å²) in [6.45, 7) is 1.61. The molecular weight excluding hydrogens is 151 g/mol. The van der Waals surface area contributed by atoms with Crippen LogP contribution in [0.25, 0.3) is 0 Å². The van der Waals surface area contributed by atoms with Crippen LogP contribution in [0.3, 0.4) is 0 Å². The van der Waals surface area contributed by atoms with E-state index in [2.05, 4.69) is 0 Å². The third kappa shape index (κ3) is 3.93. The molecule has 0 heterocycles. The van der Waals surface area contributed by atoms with E-state index in [1.807, 2.05) is 0 Å². The van der Waals surface area contributed by atoms with Gasteiger partial charge in [-0.25, -0.2) is 13.2 Å². The Labute approximate surface area is 73.2 Å². The smallest absolute Gasteiger partial charge is 1.00 e. The van der Waals surface area contributed by atoms with Crippen molar-refractivity contribution in [2.45, 2.75) is 13.3 Å². The minimum absolute atomic E-state index is 0. The summed E-state index contributed by atoms with van der Waals surface area (Å²) < 4.78 is 20.7. The molecule has 0 bridgehead atoms. The van der Waals surface area contributed by atoms with Crippen LogP contribution in [0.1, 0.15) is 14.8 Å². The van der Waals surface area contributed by atoms with Crippen LogP contribution in [0.15, 0.2) is 0 Å². The van der Waals surface area contributed by atoms with Crippen molar-refractivity contribution in [3.63, 3.8) is 0 Å². The molecule has 0 saturated carbocycles. The van der Waals surface area contributed by atoms with Crippen molar-refractivity contribution in [2.75, 3.05) is 5.75 Å². The molecule has 0 aliphatic carbocycles. The Morgan fingerprint density at radius 1 is 1.60 bits per heavy atom. The van der Waals surface area contributed by atoms with E-state index in [9.17, 15) is 13.2 Å². The van der Waals surface area contributed by atoms with Crippen molar-refractivity contribution in [3.8, 4) is 0 Å². The summed E-state index contributed by atoms with van der Waals surface area (Å²) in [6, 6.07) is 0. The second-order valence-corrected chi connectivity index (χ2v) is 3.57. The molecule has 6 heteroatoms. The molecule has 10 heavy (non-hydrogen) atoms. The van der Waals surface area contributed by atoms with Crippen LogP contribution in [0.2, 0.25) is 0 Å². The van der Waals surface area contributed by atoms with Gasteiger partial charge in [0.2, 0.25) is 9.84 Å². The molecule has 1 N–H and O–H groups in total. The van der Waals surface area contributed by atoms with E-state index in [1.165, 1.54) is 0 Å². The summed E-state index contributed by atoms with van der Waals surface area (Å²) in [5.74, 6) is -0.275. The number of carbonyl (C=O) groups is 1. The van der Waals surface area contributed by atoms with Gasteiger partial charge in [0.15, 0.2) is 0 Å². The van der Waals surface area contributed by atoms with Gasteiger partial charge in [-0.1, -0.05) is 6.92 Å². The maximum absolute atomic E-state index is 10.3. The maximum atomic E-state index is 10.3. The second-order valence-electron chi connectivity index (χ2n) is 1.58. The van der Waals surface area contributed by atoms with Crippen LogP contribution in [0, 0.1) is 0 Å². The number of hydrogen-bond donors (Lipinski definition) is 1. The average molecular weight is 160 g/mol. The Kier molecular flexibility index (Phi) is 6.05. The van der Waals surface area contributed by atoms with Gasteiger partial charge in [0, 0.05) is 0 Å². The molecular formula is C4H9LiO4S. The Balaban J connectivity index is -0.000000320. The van der Waals surface area contributed by atoms with Crippen LogP contribution in [0.5, 0.6) is 0 Å². The van der Waals surface area contributed by atoms with E-state index >= 15 is 0 Å². The summed E-state index contributed by atoms with van der Waals surface area (Å²) >= 11 is 0. The monoisotopic (exact) mass is 160 g/mol. The minimum Gasteiger partial charge on any atom is -1.00 e. The van der Waals surface area contributed by atoms with E-state index in [-0.39, 0.29) is 26.0 Å². The molecule has 0 saturated heterocycles. The molecule has 0 aromatic heterocycles. The fourth-order valence-corrected chi connectivity index (χ4v) is 1.07. The summed E-state index contributed by atoms with van der Waals surface area (Å²) in [4.78, 5) is 9.82. The molecule has 56 valence electrons. The molecule has 0 rings (SSSR count). The molecule has 0 spiro atoms. The molecule has 4 nitrogen and oxygen atoms in total. The van der Waals surface area contributed by atoms with Gasteiger partial charge < -0.3 is 6.53 Å². The largest absolute Gasteiger partial charge is 1.00 e. The van der Waals surface area contributed by atoms with Gasteiger partial charge in [0.05, 0.1) is 5.75 Å². The first-order valence-corrected chi connectivity index (χ1v) is 4.11. The predicted octanol–water partition coefficient (Wildman–Crippen LogP) is -2.39. The first-order chi connectivity index (χ1) is 4.00. The molecule has 0 atom stereocenters. The first kappa shape index (κ1) is 12.7. The first-order valence-electron chi connectivity index (χ1n) is 2.46. The molecule has 0 fully saturated rings. The van der Waals surface area contributed by atoms with Crippen LogP contribution in [-0.4, -0.2) is 24.6 Å². The zero-order valence-corrected chi connectivity index (χ0v) is 6.81. The van der Waals surface area contributed by atoms with Crippen molar-refractivity contribution in [2.24, 2.45) is 0 Å². The van der Waals surface area contributed by atoms with Gasteiger partial charge in [-0.05, 0) is 6.42 Å². The Bertz CT molecular complexity index is 200. The number of sulfone groups is 1. The van der Waals surface area contributed by atoms with E-state index in [0.717, 1.165) is 0 Å². The molecule has 0 aromatic rings. The summed E-state index contributed by atoms with van der Waals surface area (Å²) in [5.41, 5.74) is 0. The minimum atomic E-state index is -3.83. The van der Waals surface area contributed by atoms with E-state index in [0.29, 0.717) is 6.42 Å². The van der Waals surface area contributed by atoms with Crippen molar-refractivity contribution in [1.82, 2.24) is 0 Å². The van der Waals surface area contributed by atoms with Gasteiger partial charge in [0.25, 0.3) is 0 Å². The van der Waals surface area contributed by atoms with Crippen LogP contribution in [0.4, 0.5) is 4.79 Å². The topological polar surface area (TPSA) is 71.4 Å². The zero-order valence-electron chi connectivity index (χ0n) is 6.99. The van der Waals surface area contributed by atoms with E-state index < -0.39 is 15.1 Å². The van der Waals surface area contributed by atoms with Crippen LogP contribution >= 0.6 is 0 Å². The van der Waals surface area contributed by atoms with Crippen molar-refractivity contribution in [1.29, 1.82) is 0 Å². The normalized spacial score (nSPS) is 10.1. The van der Waals surface area contributed by atoms with Crippen LogP contribution < -0.4 is 18.9 Å². The molecule has 0 aliphatic heterocycles. The van der Waals surface area contributed by atoms with Crippen molar-refractivity contribution in [3.05, 3.63) is 0 Å². The fourth-order valence-electron chi connectivity index (χ4n) is 0.356. The third-order valence-corrected chi connectivity index (χ3v) is 2.22. The standard InChI is InChI=1S/C4H8O4S.Li.H/c1-2-3-9(7,8)4(5)6;;/h2-3H2,1H3,(H,5,6);;/q;+1;-1. The molecule has 0 amide bonds. The predicted molar refractivity (Wildman–Crippen MR) is 33.2 cm³/mol. The van der Waals surface area contributed by atoms with Crippen molar-refractivity contribution >= 4 is 15.1 Å². The van der Waals surface area contributed by atoms with Gasteiger partial charge in [-0.3, -0.25) is 0 Å². The van der Waals surface area contributed by atoms with Gasteiger partial charge in [0.1, 0.15) is 0 Å². The summed E-state index contributed by atoms with van der Waals surface area (Å²) in [6.07, 6.45) is 0.342. The number of hydrogen-bond acceptors (Lipinski definition) is 3. The average Bonchev–Trinajstić information content (AvgIpc) is 1.65. The zero-order chi connectivity index (χ0) is 7.49. The molecule has 0 unspecified atom stereocenters. The number of carboxylic acid groups (broad SMARTS) is 1. The fraction of sp³-hybridized carbons (Fsp3) is 0.750. The Hall–Kier alpha value is 0.0174. The number of rotatable bonds is 2. The van der Waals surface area contributed by atoms with Crippen LogP contribution in [-0.2, 0) is 9.84 Å².